The SMILES string of the molecule is CN(Cc1cscn1)C(N)=O. The fourth-order valence-electron chi connectivity index (χ4n) is 0.637. The van der Waals surface area contributed by atoms with Crippen LogP contribution in [0.4, 0.5) is 4.79 Å². The second kappa shape index (κ2) is 3.34. The first-order chi connectivity index (χ1) is 5.20. The summed E-state index contributed by atoms with van der Waals surface area (Å²) in [6, 6.07) is -0.432. The maximum Gasteiger partial charge on any atom is 0.314 e. The zero-order valence-corrected chi connectivity index (χ0v) is 6.97. The molecule has 0 unspecified atom stereocenters. The van der Waals surface area contributed by atoms with Gasteiger partial charge in [-0.2, -0.15) is 0 Å². The molecule has 1 heterocycles. The summed E-state index contributed by atoms with van der Waals surface area (Å²) in [6.45, 7) is 0.485. The average molecular weight is 171 g/mol. The topological polar surface area (TPSA) is 59.2 Å². The number of primary amides is 1. The average Bonchev–Trinajstić information content (AvgIpc) is 2.39. The lowest BCUT2D eigenvalue weighted by Gasteiger charge is -2.11. The Hall–Kier alpha value is -1.10. The largest absolute Gasteiger partial charge is 0.351 e. The van der Waals surface area contributed by atoms with Gasteiger partial charge in [0.25, 0.3) is 0 Å². The van der Waals surface area contributed by atoms with Crippen LogP contribution in [-0.2, 0) is 6.54 Å². The smallest absolute Gasteiger partial charge is 0.314 e. The zero-order valence-electron chi connectivity index (χ0n) is 6.15. The molecule has 0 aliphatic rings. The highest BCUT2D eigenvalue weighted by atomic mass is 32.1. The molecule has 1 aromatic heterocycles. The number of amides is 2. The zero-order chi connectivity index (χ0) is 8.27. The lowest BCUT2D eigenvalue weighted by atomic mass is 10.4. The van der Waals surface area contributed by atoms with E-state index >= 15 is 0 Å². The minimum Gasteiger partial charge on any atom is -0.351 e. The van der Waals surface area contributed by atoms with E-state index < -0.39 is 6.03 Å². The molecule has 4 nitrogen and oxygen atoms in total. The lowest BCUT2D eigenvalue weighted by molar-refractivity contribution is 0.216. The third kappa shape index (κ3) is 2.19. The predicted molar refractivity (Wildman–Crippen MR) is 43.2 cm³/mol. The first-order valence-corrected chi connectivity index (χ1v) is 4.02. The van der Waals surface area contributed by atoms with Crippen molar-refractivity contribution in [3.05, 3.63) is 16.6 Å². The van der Waals surface area contributed by atoms with Crippen molar-refractivity contribution in [2.45, 2.75) is 6.54 Å². The van der Waals surface area contributed by atoms with Crippen molar-refractivity contribution in [2.24, 2.45) is 5.73 Å². The molecule has 0 radical (unpaired) electrons. The molecule has 0 spiro atoms. The third-order valence-electron chi connectivity index (χ3n) is 1.26. The van der Waals surface area contributed by atoms with Crippen molar-refractivity contribution in [1.29, 1.82) is 0 Å². The Bertz CT molecular complexity index is 234. The summed E-state index contributed by atoms with van der Waals surface area (Å²) < 4.78 is 0. The second-order valence-electron chi connectivity index (χ2n) is 2.17. The van der Waals surface area contributed by atoms with Crippen molar-refractivity contribution < 1.29 is 4.79 Å². The molecule has 1 aromatic rings. The van der Waals surface area contributed by atoms with Gasteiger partial charge in [-0.15, -0.1) is 11.3 Å². The van der Waals surface area contributed by atoms with Crippen LogP contribution < -0.4 is 5.73 Å². The number of thiazole rings is 1. The van der Waals surface area contributed by atoms with Gasteiger partial charge in [0.2, 0.25) is 0 Å². The molecule has 0 aromatic carbocycles. The van der Waals surface area contributed by atoms with Gasteiger partial charge >= 0.3 is 6.03 Å². The minimum atomic E-state index is -0.432. The van der Waals surface area contributed by atoms with Gasteiger partial charge in [0.1, 0.15) is 0 Å². The number of hydrogen-bond donors (Lipinski definition) is 1. The van der Waals surface area contributed by atoms with E-state index in [9.17, 15) is 4.79 Å². The van der Waals surface area contributed by atoms with E-state index in [4.69, 9.17) is 5.73 Å². The van der Waals surface area contributed by atoms with Crippen molar-refractivity contribution in [3.8, 4) is 0 Å². The summed E-state index contributed by atoms with van der Waals surface area (Å²) >= 11 is 1.50. The second-order valence-corrected chi connectivity index (χ2v) is 2.89. The Morgan fingerprint density at radius 2 is 2.64 bits per heavy atom. The van der Waals surface area contributed by atoms with E-state index in [2.05, 4.69) is 4.98 Å². The van der Waals surface area contributed by atoms with Crippen LogP contribution in [-0.4, -0.2) is 23.0 Å². The Labute approximate surface area is 68.6 Å². The Balaban J connectivity index is 2.50. The van der Waals surface area contributed by atoms with E-state index in [0.717, 1.165) is 5.69 Å². The Kier molecular flexibility index (Phi) is 2.43. The fraction of sp³-hybridized carbons (Fsp3) is 0.333. The molecule has 2 amide bonds. The number of urea groups is 1. The van der Waals surface area contributed by atoms with E-state index in [0.29, 0.717) is 6.54 Å². The van der Waals surface area contributed by atoms with E-state index in [1.807, 2.05) is 5.38 Å². The molecule has 11 heavy (non-hydrogen) atoms. The molecule has 0 saturated heterocycles. The highest BCUT2D eigenvalue weighted by Gasteiger charge is 2.04. The van der Waals surface area contributed by atoms with Gasteiger partial charge in [-0.25, -0.2) is 9.78 Å². The van der Waals surface area contributed by atoms with Crippen LogP contribution in [0.1, 0.15) is 5.69 Å². The molecule has 1 rings (SSSR count). The summed E-state index contributed by atoms with van der Waals surface area (Å²) in [7, 11) is 1.64. The highest BCUT2D eigenvalue weighted by molar-refractivity contribution is 7.07. The molecule has 0 aliphatic heterocycles. The van der Waals surface area contributed by atoms with Gasteiger partial charge in [-0.05, 0) is 0 Å². The lowest BCUT2D eigenvalue weighted by Crippen LogP contribution is -2.31. The molecule has 5 heteroatoms. The number of carbonyl (C=O) groups is 1. The van der Waals surface area contributed by atoms with Crippen molar-refractivity contribution >= 4 is 17.4 Å². The summed E-state index contributed by atoms with van der Waals surface area (Å²) in [4.78, 5) is 16.0. The number of nitrogens with two attached hydrogens (primary N) is 1. The van der Waals surface area contributed by atoms with Gasteiger partial charge < -0.3 is 10.6 Å². The number of hydrogen-bond acceptors (Lipinski definition) is 3. The maximum atomic E-state index is 10.5. The first kappa shape index (κ1) is 8.00. The van der Waals surface area contributed by atoms with Crippen LogP contribution >= 0.6 is 11.3 Å². The summed E-state index contributed by atoms with van der Waals surface area (Å²) in [5, 5.41) is 1.89. The van der Waals surface area contributed by atoms with Crippen molar-refractivity contribution in [2.75, 3.05) is 7.05 Å². The van der Waals surface area contributed by atoms with Crippen molar-refractivity contribution in [3.63, 3.8) is 0 Å². The number of rotatable bonds is 2. The summed E-state index contributed by atoms with van der Waals surface area (Å²) in [5.74, 6) is 0. The fourth-order valence-corrected chi connectivity index (χ4v) is 1.19. The van der Waals surface area contributed by atoms with Gasteiger partial charge in [-0.3, -0.25) is 0 Å². The predicted octanol–water partition coefficient (Wildman–Crippen LogP) is 0.654. The molecule has 60 valence electrons. The van der Waals surface area contributed by atoms with E-state index in [1.165, 1.54) is 16.2 Å². The van der Waals surface area contributed by atoms with Gasteiger partial charge in [0.05, 0.1) is 17.7 Å². The standard InChI is InChI=1S/C6H9N3OS/c1-9(6(7)10)2-5-3-11-4-8-5/h3-4H,2H2,1H3,(H2,7,10). The van der Waals surface area contributed by atoms with Crippen LogP contribution in [0.25, 0.3) is 0 Å². The molecule has 0 bridgehead atoms. The minimum absolute atomic E-state index is 0.432. The molecular formula is C6H9N3OS. The molecule has 0 saturated carbocycles. The van der Waals surface area contributed by atoms with Gasteiger partial charge in [0, 0.05) is 12.4 Å². The van der Waals surface area contributed by atoms with E-state index in [1.54, 1.807) is 12.6 Å². The number of aromatic nitrogens is 1. The normalized spacial score (nSPS) is 9.55. The summed E-state index contributed by atoms with van der Waals surface area (Å²) in [5.41, 5.74) is 7.61. The molecule has 2 N–H and O–H groups in total. The van der Waals surface area contributed by atoms with Crippen LogP contribution in [0, 0.1) is 0 Å². The Morgan fingerprint density at radius 1 is 1.91 bits per heavy atom. The monoisotopic (exact) mass is 171 g/mol. The maximum absolute atomic E-state index is 10.5. The van der Waals surface area contributed by atoms with Crippen LogP contribution in [0.3, 0.4) is 0 Å². The number of carbonyl (C=O) groups excluding carboxylic acids is 1. The van der Waals surface area contributed by atoms with Crippen LogP contribution in [0.2, 0.25) is 0 Å². The molecule has 0 fully saturated rings. The van der Waals surface area contributed by atoms with Crippen LogP contribution in [0.15, 0.2) is 10.9 Å². The van der Waals surface area contributed by atoms with Gasteiger partial charge in [-0.1, -0.05) is 0 Å². The van der Waals surface area contributed by atoms with Crippen molar-refractivity contribution in [1.82, 2.24) is 9.88 Å². The third-order valence-corrected chi connectivity index (χ3v) is 1.89. The first-order valence-electron chi connectivity index (χ1n) is 3.08. The molecule has 0 aliphatic carbocycles. The van der Waals surface area contributed by atoms with E-state index in [-0.39, 0.29) is 0 Å². The quantitative estimate of drug-likeness (QED) is 0.710. The Morgan fingerprint density at radius 3 is 3.09 bits per heavy atom. The highest BCUT2D eigenvalue weighted by Crippen LogP contribution is 2.03. The van der Waals surface area contributed by atoms with Crippen LogP contribution in [0.5, 0.6) is 0 Å². The van der Waals surface area contributed by atoms with Gasteiger partial charge in [0.15, 0.2) is 0 Å². The molecule has 0 atom stereocenters. The molecular weight excluding hydrogens is 162 g/mol. The summed E-state index contributed by atoms with van der Waals surface area (Å²) in [6.07, 6.45) is 0. The number of nitrogens with zero attached hydrogens (tertiary/aromatic N) is 2.